The second kappa shape index (κ2) is 8.08. The molecule has 0 spiro atoms. The summed E-state index contributed by atoms with van der Waals surface area (Å²) in [6.45, 7) is 4.68. The van der Waals surface area contributed by atoms with Gasteiger partial charge in [-0.15, -0.1) is 24.5 Å². The smallest absolute Gasteiger partial charge is 0.406 e. The number of alkyl halides is 3. The summed E-state index contributed by atoms with van der Waals surface area (Å²) < 4.78 is 40.8. The summed E-state index contributed by atoms with van der Waals surface area (Å²) >= 11 is 1.45. The van der Waals surface area contributed by atoms with E-state index in [1.54, 1.807) is 12.1 Å². The molecule has 1 unspecified atom stereocenters. The number of thiazole rings is 1. The van der Waals surface area contributed by atoms with Gasteiger partial charge in [-0.05, 0) is 43.7 Å². The van der Waals surface area contributed by atoms with Gasteiger partial charge in [0.05, 0.1) is 12.2 Å². The molecule has 1 N–H and O–H groups in total. The third-order valence-electron chi connectivity index (χ3n) is 4.59. The van der Waals surface area contributed by atoms with E-state index in [1.807, 2.05) is 17.3 Å². The summed E-state index contributed by atoms with van der Waals surface area (Å²) in [5, 5.41) is 4.63. The van der Waals surface area contributed by atoms with Gasteiger partial charge in [-0.25, -0.2) is 15.4 Å². The van der Waals surface area contributed by atoms with Crippen molar-refractivity contribution in [1.82, 2.24) is 15.4 Å². The van der Waals surface area contributed by atoms with Crippen molar-refractivity contribution in [3.8, 4) is 17.0 Å². The minimum absolute atomic E-state index is 0.258. The Bertz CT molecular complexity index is 1050. The van der Waals surface area contributed by atoms with Gasteiger partial charge in [0.25, 0.3) is 0 Å². The Labute approximate surface area is 175 Å². The SMILES string of the molecule is CC1=NC(c2nc(-c3ccc(OC(F)(F)F)cc3)cs2)NN1Cc1ccc(C)cc1. The van der Waals surface area contributed by atoms with E-state index < -0.39 is 6.36 Å². The molecule has 0 saturated heterocycles. The molecule has 0 saturated carbocycles. The summed E-state index contributed by atoms with van der Waals surface area (Å²) in [6.07, 6.45) is -4.99. The van der Waals surface area contributed by atoms with Gasteiger partial charge >= 0.3 is 6.36 Å². The van der Waals surface area contributed by atoms with Crippen molar-refractivity contribution >= 4 is 17.2 Å². The van der Waals surface area contributed by atoms with Gasteiger partial charge in [-0.1, -0.05) is 29.8 Å². The summed E-state index contributed by atoms with van der Waals surface area (Å²) in [5.41, 5.74) is 7.13. The van der Waals surface area contributed by atoms with Crippen LogP contribution >= 0.6 is 11.3 Å². The molecule has 0 fully saturated rings. The molecular formula is C21H19F3N4OS. The summed E-state index contributed by atoms with van der Waals surface area (Å²) in [4.78, 5) is 9.26. The van der Waals surface area contributed by atoms with Crippen LogP contribution in [0, 0.1) is 6.92 Å². The fourth-order valence-electron chi connectivity index (χ4n) is 3.05. The van der Waals surface area contributed by atoms with E-state index >= 15 is 0 Å². The van der Waals surface area contributed by atoms with Gasteiger partial charge in [0, 0.05) is 10.9 Å². The molecule has 2 heterocycles. The van der Waals surface area contributed by atoms with Crippen LogP contribution in [0.1, 0.15) is 29.2 Å². The number of aromatic nitrogens is 1. The Morgan fingerprint density at radius 1 is 1.07 bits per heavy atom. The van der Waals surface area contributed by atoms with E-state index in [-0.39, 0.29) is 11.9 Å². The van der Waals surface area contributed by atoms with Gasteiger partial charge in [-0.2, -0.15) is 0 Å². The lowest BCUT2D eigenvalue weighted by Gasteiger charge is -2.19. The van der Waals surface area contributed by atoms with Gasteiger partial charge in [0.1, 0.15) is 16.6 Å². The van der Waals surface area contributed by atoms with E-state index in [0.29, 0.717) is 17.8 Å². The molecule has 0 aliphatic carbocycles. The third-order valence-corrected chi connectivity index (χ3v) is 5.48. The first-order chi connectivity index (χ1) is 14.3. The molecule has 1 aliphatic rings. The van der Waals surface area contributed by atoms with Crippen LogP contribution in [0.25, 0.3) is 11.3 Å². The maximum absolute atomic E-state index is 12.3. The van der Waals surface area contributed by atoms with Gasteiger partial charge in [0.2, 0.25) is 0 Å². The van der Waals surface area contributed by atoms with Crippen molar-refractivity contribution in [2.24, 2.45) is 4.99 Å². The first kappa shape index (κ1) is 20.4. The lowest BCUT2D eigenvalue weighted by molar-refractivity contribution is -0.274. The minimum atomic E-state index is -4.70. The average Bonchev–Trinajstić information content (AvgIpc) is 3.30. The predicted octanol–water partition coefficient (Wildman–Crippen LogP) is 5.45. The Morgan fingerprint density at radius 2 is 1.77 bits per heavy atom. The van der Waals surface area contributed by atoms with Crippen molar-refractivity contribution in [2.45, 2.75) is 32.9 Å². The molecule has 1 atom stereocenters. The summed E-state index contributed by atoms with van der Waals surface area (Å²) in [6, 6.07) is 14.0. The van der Waals surface area contributed by atoms with E-state index in [9.17, 15) is 13.2 Å². The van der Waals surface area contributed by atoms with Crippen molar-refractivity contribution in [1.29, 1.82) is 0 Å². The fourth-order valence-corrected chi connectivity index (χ4v) is 3.85. The van der Waals surface area contributed by atoms with Crippen molar-refractivity contribution in [2.75, 3.05) is 0 Å². The molecule has 1 aromatic heterocycles. The number of ether oxygens (including phenoxy) is 1. The third kappa shape index (κ3) is 4.80. The van der Waals surface area contributed by atoms with Gasteiger partial charge < -0.3 is 4.74 Å². The van der Waals surface area contributed by atoms with E-state index in [4.69, 9.17) is 0 Å². The van der Waals surface area contributed by atoms with Crippen LogP contribution < -0.4 is 10.2 Å². The fraction of sp³-hybridized carbons (Fsp3) is 0.238. The zero-order chi connectivity index (χ0) is 21.3. The number of hydrogen-bond acceptors (Lipinski definition) is 6. The van der Waals surface area contributed by atoms with Crippen LogP contribution in [0.2, 0.25) is 0 Å². The first-order valence-electron chi connectivity index (χ1n) is 9.22. The number of hydrazine groups is 1. The van der Waals surface area contributed by atoms with Crippen LogP contribution in [0.15, 0.2) is 58.9 Å². The molecule has 30 heavy (non-hydrogen) atoms. The Kier molecular flexibility index (Phi) is 5.48. The first-order valence-corrected chi connectivity index (χ1v) is 10.1. The van der Waals surface area contributed by atoms with Crippen LogP contribution in [-0.2, 0) is 6.54 Å². The number of nitrogens with one attached hydrogen (secondary N) is 1. The number of aliphatic imine (C=N–C) groups is 1. The molecule has 2 aromatic carbocycles. The number of nitrogens with zero attached hydrogens (tertiary/aromatic N) is 3. The number of hydrogen-bond donors (Lipinski definition) is 1. The van der Waals surface area contributed by atoms with Crippen LogP contribution in [-0.4, -0.2) is 22.2 Å². The number of rotatable bonds is 5. The minimum Gasteiger partial charge on any atom is -0.406 e. The maximum atomic E-state index is 12.3. The second-order valence-corrected chi connectivity index (χ2v) is 7.81. The van der Waals surface area contributed by atoms with Crippen LogP contribution in [0.3, 0.4) is 0 Å². The van der Waals surface area contributed by atoms with Gasteiger partial charge in [0.15, 0.2) is 6.17 Å². The Balaban J connectivity index is 1.43. The maximum Gasteiger partial charge on any atom is 0.573 e. The topological polar surface area (TPSA) is 49.8 Å². The summed E-state index contributed by atoms with van der Waals surface area (Å²) in [5.74, 6) is 0.608. The van der Waals surface area contributed by atoms with Crippen molar-refractivity contribution in [3.63, 3.8) is 0 Å². The molecule has 0 amide bonds. The van der Waals surface area contributed by atoms with Crippen molar-refractivity contribution in [3.05, 3.63) is 70.0 Å². The molecule has 5 nitrogen and oxygen atoms in total. The number of benzene rings is 2. The number of halogens is 3. The molecular weight excluding hydrogens is 413 g/mol. The Hall–Kier alpha value is -2.91. The lowest BCUT2D eigenvalue weighted by atomic mass is 10.1. The quantitative estimate of drug-likeness (QED) is 0.582. The highest BCUT2D eigenvalue weighted by Gasteiger charge is 2.31. The predicted molar refractivity (Wildman–Crippen MR) is 110 cm³/mol. The highest BCUT2D eigenvalue weighted by atomic mass is 32.1. The van der Waals surface area contributed by atoms with E-state index in [0.717, 1.165) is 10.8 Å². The number of amidine groups is 1. The monoisotopic (exact) mass is 432 g/mol. The molecule has 4 rings (SSSR count). The molecule has 9 heteroatoms. The van der Waals surface area contributed by atoms with Crippen molar-refractivity contribution < 1.29 is 17.9 Å². The van der Waals surface area contributed by atoms with Crippen LogP contribution in [0.4, 0.5) is 13.2 Å². The normalized spacial score (nSPS) is 16.6. The molecule has 0 radical (unpaired) electrons. The number of aryl methyl sites for hydroxylation is 1. The standard InChI is InChI=1S/C21H19F3N4OS/c1-13-3-5-15(6-4-13)11-28-14(2)25-19(27-28)20-26-18(12-30-20)16-7-9-17(10-8-16)29-21(22,23)24/h3-10,12,19,27H,11H2,1-2H3. The molecule has 1 aliphatic heterocycles. The highest BCUT2D eigenvalue weighted by molar-refractivity contribution is 7.10. The highest BCUT2D eigenvalue weighted by Crippen LogP contribution is 2.30. The molecule has 156 valence electrons. The van der Waals surface area contributed by atoms with E-state index in [1.165, 1.54) is 34.6 Å². The largest absolute Gasteiger partial charge is 0.573 e. The second-order valence-electron chi connectivity index (χ2n) is 6.92. The lowest BCUT2D eigenvalue weighted by Crippen LogP contribution is -2.36. The zero-order valence-corrected chi connectivity index (χ0v) is 17.1. The zero-order valence-electron chi connectivity index (χ0n) is 16.3. The van der Waals surface area contributed by atoms with Crippen LogP contribution in [0.5, 0.6) is 5.75 Å². The average molecular weight is 432 g/mol. The summed E-state index contributed by atoms with van der Waals surface area (Å²) in [7, 11) is 0. The van der Waals surface area contributed by atoms with Gasteiger partial charge in [-0.3, -0.25) is 5.01 Å². The Morgan fingerprint density at radius 3 is 2.43 bits per heavy atom. The molecule has 0 bridgehead atoms. The molecule has 3 aromatic rings. The van der Waals surface area contributed by atoms with E-state index in [2.05, 4.69) is 51.3 Å².